The largest absolute Gasteiger partial charge is 0.330 e. The van der Waals surface area contributed by atoms with Gasteiger partial charge in [0.1, 0.15) is 0 Å². The standard InChI is InChI=1S/C19H30N6OS2/c1-5-14-13-27-17(6-2)18(14)21-19(26)22-28-25(16-10-20-24(4)12-16)15-8-7-9-23(3)11-15/h10,12-13,15H,5-9,11H2,1-4H3,(H2,21,22,26). The minimum atomic E-state index is -0.189. The lowest BCUT2D eigenvalue weighted by Crippen LogP contribution is -2.45. The summed E-state index contributed by atoms with van der Waals surface area (Å²) in [6, 6.07) is 0.137. The number of urea groups is 1. The Kier molecular flexibility index (Phi) is 7.25. The van der Waals surface area contributed by atoms with Gasteiger partial charge in [0, 0.05) is 24.7 Å². The number of thiophene rings is 1. The van der Waals surface area contributed by atoms with Gasteiger partial charge >= 0.3 is 6.03 Å². The lowest BCUT2D eigenvalue weighted by atomic mass is 10.1. The molecule has 2 amide bonds. The topological polar surface area (TPSA) is 65.4 Å². The summed E-state index contributed by atoms with van der Waals surface area (Å²) in [5.74, 6) is 0. The first-order valence-corrected chi connectivity index (χ1v) is 11.5. The fourth-order valence-electron chi connectivity index (χ4n) is 3.53. The van der Waals surface area contributed by atoms with Crippen LogP contribution in [-0.2, 0) is 19.9 Å². The molecule has 1 fully saturated rings. The van der Waals surface area contributed by atoms with Gasteiger partial charge in [-0.25, -0.2) is 4.79 Å². The van der Waals surface area contributed by atoms with E-state index in [1.165, 1.54) is 22.6 Å². The highest BCUT2D eigenvalue weighted by molar-refractivity contribution is 7.99. The van der Waals surface area contributed by atoms with Crippen LogP contribution in [0.2, 0.25) is 0 Å². The molecule has 0 saturated carbocycles. The van der Waals surface area contributed by atoms with Gasteiger partial charge in [0.25, 0.3) is 0 Å². The number of aryl methyl sites for hydroxylation is 3. The van der Waals surface area contributed by atoms with Crippen molar-refractivity contribution in [1.82, 2.24) is 19.4 Å². The molecule has 3 rings (SSSR count). The van der Waals surface area contributed by atoms with Crippen molar-refractivity contribution in [2.24, 2.45) is 7.05 Å². The van der Waals surface area contributed by atoms with Crippen LogP contribution in [0.4, 0.5) is 16.2 Å². The molecule has 2 aromatic heterocycles. The Labute approximate surface area is 175 Å². The van der Waals surface area contributed by atoms with Crippen molar-refractivity contribution in [3.05, 3.63) is 28.2 Å². The number of likely N-dealkylation sites (N-methyl/N-ethyl adjacent to an activating group) is 1. The van der Waals surface area contributed by atoms with Gasteiger partial charge in [0.05, 0.1) is 35.7 Å². The second-order valence-electron chi connectivity index (χ2n) is 7.17. The molecule has 0 spiro atoms. The number of hydrogen-bond donors (Lipinski definition) is 2. The molecule has 28 heavy (non-hydrogen) atoms. The Bertz CT molecular complexity index is 768. The molecule has 1 aliphatic rings. The number of carbonyl (C=O) groups excluding carboxylic acids is 1. The molecule has 1 saturated heterocycles. The smallest absolute Gasteiger partial charge is 0.306 e. The molecule has 2 N–H and O–H groups in total. The van der Waals surface area contributed by atoms with Crippen molar-refractivity contribution in [2.45, 2.75) is 45.6 Å². The van der Waals surface area contributed by atoms with E-state index in [-0.39, 0.29) is 6.03 Å². The SMILES string of the molecule is CCc1csc(CC)c1NC(=O)NSN(c1cnn(C)c1)C1CCCN(C)C1. The number of carbonyl (C=O) groups is 1. The minimum absolute atomic E-state index is 0.189. The lowest BCUT2D eigenvalue weighted by Gasteiger charge is -2.37. The summed E-state index contributed by atoms with van der Waals surface area (Å²) in [6.45, 7) is 6.32. The summed E-state index contributed by atoms with van der Waals surface area (Å²) >= 11 is 3.06. The Morgan fingerprint density at radius 2 is 2.21 bits per heavy atom. The fraction of sp³-hybridized carbons (Fsp3) is 0.579. The number of amides is 2. The van der Waals surface area contributed by atoms with Gasteiger partial charge in [-0.2, -0.15) is 5.10 Å². The van der Waals surface area contributed by atoms with E-state index in [0.717, 1.165) is 50.1 Å². The zero-order valence-electron chi connectivity index (χ0n) is 17.1. The molecule has 7 nitrogen and oxygen atoms in total. The van der Waals surface area contributed by atoms with Crippen molar-refractivity contribution in [1.29, 1.82) is 0 Å². The number of anilines is 2. The number of hydrogen-bond acceptors (Lipinski definition) is 6. The molecular weight excluding hydrogens is 392 g/mol. The Morgan fingerprint density at radius 3 is 2.86 bits per heavy atom. The monoisotopic (exact) mass is 422 g/mol. The van der Waals surface area contributed by atoms with E-state index >= 15 is 0 Å². The average Bonchev–Trinajstić information content (AvgIpc) is 3.28. The molecule has 9 heteroatoms. The number of nitrogens with zero attached hydrogens (tertiary/aromatic N) is 4. The van der Waals surface area contributed by atoms with Crippen LogP contribution in [-0.4, -0.2) is 46.9 Å². The molecular formula is C19H30N6OS2. The predicted molar refractivity (Wildman–Crippen MR) is 119 cm³/mol. The third kappa shape index (κ3) is 5.01. The highest BCUT2D eigenvalue weighted by atomic mass is 32.2. The van der Waals surface area contributed by atoms with Gasteiger partial charge in [-0.1, -0.05) is 13.8 Å². The maximum absolute atomic E-state index is 12.6. The van der Waals surface area contributed by atoms with Gasteiger partial charge in [-0.15, -0.1) is 11.3 Å². The number of likely N-dealkylation sites (tertiary alicyclic amines) is 1. The molecule has 154 valence electrons. The van der Waals surface area contributed by atoms with E-state index in [4.69, 9.17) is 0 Å². The molecule has 0 aromatic carbocycles. The average molecular weight is 423 g/mol. The Balaban J connectivity index is 1.68. The zero-order chi connectivity index (χ0) is 20.1. The van der Waals surface area contributed by atoms with E-state index in [0.29, 0.717) is 6.04 Å². The number of rotatable bonds is 7. The predicted octanol–water partition coefficient (Wildman–Crippen LogP) is 3.89. The van der Waals surface area contributed by atoms with Crippen molar-refractivity contribution in [3.8, 4) is 0 Å². The van der Waals surface area contributed by atoms with Crippen LogP contribution in [0.1, 0.15) is 37.1 Å². The second kappa shape index (κ2) is 9.67. The van der Waals surface area contributed by atoms with E-state index in [9.17, 15) is 4.79 Å². The summed E-state index contributed by atoms with van der Waals surface area (Å²) in [5, 5.41) is 9.51. The highest BCUT2D eigenvalue weighted by Gasteiger charge is 2.26. The quantitative estimate of drug-likeness (QED) is 0.663. The third-order valence-electron chi connectivity index (χ3n) is 5.00. The first kappa shape index (κ1) is 21.0. The summed E-state index contributed by atoms with van der Waals surface area (Å²) in [5.41, 5.74) is 3.17. The summed E-state index contributed by atoms with van der Waals surface area (Å²) in [6.07, 6.45) is 7.92. The van der Waals surface area contributed by atoms with Gasteiger partial charge in [0.2, 0.25) is 0 Å². The van der Waals surface area contributed by atoms with E-state index in [1.54, 1.807) is 16.0 Å². The van der Waals surface area contributed by atoms with Gasteiger partial charge in [0.15, 0.2) is 0 Å². The van der Waals surface area contributed by atoms with Crippen LogP contribution in [0.3, 0.4) is 0 Å². The number of piperidine rings is 1. The Morgan fingerprint density at radius 1 is 1.39 bits per heavy atom. The van der Waals surface area contributed by atoms with E-state index in [1.807, 2.05) is 19.4 Å². The zero-order valence-corrected chi connectivity index (χ0v) is 18.7. The van der Waals surface area contributed by atoms with Gasteiger partial charge < -0.3 is 10.2 Å². The highest BCUT2D eigenvalue weighted by Crippen LogP contribution is 2.30. The van der Waals surface area contributed by atoms with E-state index in [2.05, 4.69) is 50.6 Å². The summed E-state index contributed by atoms with van der Waals surface area (Å²) in [4.78, 5) is 16.2. The van der Waals surface area contributed by atoms with Crippen molar-refractivity contribution < 1.29 is 4.79 Å². The van der Waals surface area contributed by atoms with Crippen LogP contribution in [0.15, 0.2) is 17.8 Å². The third-order valence-corrected chi connectivity index (χ3v) is 7.16. The van der Waals surface area contributed by atoms with E-state index < -0.39 is 0 Å². The molecule has 1 aliphatic heterocycles. The lowest BCUT2D eigenvalue weighted by molar-refractivity contribution is 0.253. The molecule has 0 aliphatic carbocycles. The summed E-state index contributed by atoms with van der Waals surface area (Å²) < 4.78 is 6.96. The normalized spacial score (nSPS) is 17.5. The molecule has 1 unspecified atom stereocenters. The second-order valence-corrected chi connectivity index (χ2v) is 8.91. The minimum Gasteiger partial charge on any atom is -0.306 e. The van der Waals surface area contributed by atoms with Crippen molar-refractivity contribution >= 4 is 40.9 Å². The van der Waals surface area contributed by atoms with Crippen LogP contribution in [0.25, 0.3) is 0 Å². The van der Waals surface area contributed by atoms with Crippen LogP contribution in [0, 0.1) is 0 Å². The molecule has 1 atom stereocenters. The Hall–Kier alpha value is -1.71. The number of aromatic nitrogens is 2. The number of nitrogens with one attached hydrogen (secondary N) is 2. The van der Waals surface area contributed by atoms with Gasteiger partial charge in [-0.3, -0.25) is 13.7 Å². The van der Waals surface area contributed by atoms with Crippen molar-refractivity contribution in [2.75, 3.05) is 29.8 Å². The van der Waals surface area contributed by atoms with Gasteiger partial charge in [-0.05, 0) is 50.2 Å². The maximum Gasteiger partial charge on any atom is 0.330 e. The fourth-order valence-corrected chi connectivity index (χ4v) is 5.32. The van der Waals surface area contributed by atoms with Crippen LogP contribution in [0.5, 0.6) is 0 Å². The van der Waals surface area contributed by atoms with Crippen LogP contribution >= 0.6 is 23.5 Å². The molecule has 0 radical (unpaired) electrons. The summed E-state index contributed by atoms with van der Waals surface area (Å²) in [7, 11) is 4.06. The molecule has 0 bridgehead atoms. The molecule has 2 aromatic rings. The maximum atomic E-state index is 12.6. The van der Waals surface area contributed by atoms with Crippen molar-refractivity contribution in [3.63, 3.8) is 0 Å². The first-order valence-electron chi connectivity index (χ1n) is 9.81. The first-order chi connectivity index (χ1) is 13.5. The molecule has 3 heterocycles. The van der Waals surface area contributed by atoms with Crippen LogP contribution < -0.4 is 14.3 Å².